The fourth-order valence-electron chi connectivity index (χ4n) is 3.93. The number of nitrogens with zero attached hydrogens (tertiary/aromatic N) is 2. The van der Waals surface area contributed by atoms with Crippen LogP contribution in [0.15, 0.2) is 60.7 Å². The quantitative estimate of drug-likeness (QED) is 0.263. The lowest BCUT2D eigenvalue weighted by molar-refractivity contribution is 0.0697. The van der Waals surface area contributed by atoms with Gasteiger partial charge in [-0.15, -0.1) is 11.3 Å². The minimum absolute atomic E-state index is 0.254. The van der Waals surface area contributed by atoms with Crippen LogP contribution < -0.4 is 10.1 Å². The van der Waals surface area contributed by atoms with E-state index in [4.69, 9.17) is 19.8 Å². The van der Waals surface area contributed by atoms with Gasteiger partial charge in [0.1, 0.15) is 11.6 Å². The van der Waals surface area contributed by atoms with Crippen molar-refractivity contribution in [3.8, 4) is 16.5 Å². The van der Waals surface area contributed by atoms with Gasteiger partial charge in [0.05, 0.1) is 17.6 Å². The zero-order valence-electron chi connectivity index (χ0n) is 20.2. The lowest BCUT2D eigenvalue weighted by atomic mass is 10.1. The summed E-state index contributed by atoms with van der Waals surface area (Å²) in [6.45, 7) is 4.20. The molecule has 0 bridgehead atoms. The molecule has 0 aliphatic heterocycles. The SMILES string of the molecule is CCc1nc(-c2ccc(CCc3ccc(OC)cc3)s2)nc(Nc2ccc(C(=O)O)cc2)c1CC. The maximum absolute atomic E-state index is 11.2. The summed E-state index contributed by atoms with van der Waals surface area (Å²) in [5.41, 5.74) is 4.43. The molecular weight excluding hydrogens is 458 g/mol. The Morgan fingerprint density at radius 1 is 0.943 bits per heavy atom. The first-order valence-electron chi connectivity index (χ1n) is 11.7. The molecule has 2 N–H and O–H groups in total. The van der Waals surface area contributed by atoms with Gasteiger partial charge < -0.3 is 15.2 Å². The van der Waals surface area contributed by atoms with E-state index >= 15 is 0 Å². The summed E-state index contributed by atoms with van der Waals surface area (Å²) < 4.78 is 5.24. The molecular formula is C28H29N3O3S. The Balaban J connectivity index is 1.56. The van der Waals surface area contributed by atoms with Crippen molar-refractivity contribution in [3.05, 3.63) is 87.9 Å². The van der Waals surface area contributed by atoms with Crippen LogP contribution in [0, 0.1) is 0 Å². The molecule has 0 fully saturated rings. The summed E-state index contributed by atoms with van der Waals surface area (Å²) in [4.78, 5) is 23.3. The van der Waals surface area contributed by atoms with E-state index in [0.29, 0.717) is 5.82 Å². The second kappa shape index (κ2) is 11.1. The molecule has 0 amide bonds. The first-order chi connectivity index (χ1) is 17.0. The Morgan fingerprint density at radius 3 is 2.31 bits per heavy atom. The summed E-state index contributed by atoms with van der Waals surface area (Å²) >= 11 is 1.72. The van der Waals surface area contributed by atoms with Gasteiger partial charge in [-0.1, -0.05) is 26.0 Å². The third kappa shape index (κ3) is 5.87. The van der Waals surface area contributed by atoms with Crippen molar-refractivity contribution < 1.29 is 14.6 Å². The van der Waals surface area contributed by atoms with Gasteiger partial charge in [0, 0.05) is 21.8 Å². The number of aryl methyl sites for hydroxylation is 3. The second-order valence-corrected chi connectivity index (χ2v) is 9.32. The van der Waals surface area contributed by atoms with E-state index in [1.54, 1.807) is 42.7 Å². The molecule has 0 radical (unpaired) electrons. The lowest BCUT2D eigenvalue weighted by Crippen LogP contribution is -2.07. The number of carboxylic acid groups (broad SMARTS) is 1. The zero-order valence-corrected chi connectivity index (χ0v) is 21.0. The fraction of sp³-hybridized carbons (Fsp3) is 0.250. The normalized spacial score (nSPS) is 10.8. The highest BCUT2D eigenvalue weighted by molar-refractivity contribution is 7.15. The number of thiophene rings is 1. The highest BCUT2D eigenvalue weighted by atomic mass is 32.1. The number of rotatable bonds is 10. The van der Waals surface area contributed by atoms with E-state index in [9.17, 15) is 4.79 Å². The third-order valence-corrected chi connectivity index (χ3v) is 7.02. The van der Waals surface area contributed by atoms with Gasteiger partial charge in [-0.3, -0.25) is 0 Å². The standard InChI is InChI=1S/C28H29N3O3S/c1-4-23-24(5-2)30-27(31-26(23)29-20-11-9-19(10-12-20)28(32)33)25-17-16-22(35-25)15-8-18-6-13-21(34-3)14-7-18/h6-7,9-14,16-17H,4-5,8,15H2,1-3H3,(H,32,33)(H,29,30,31). The Hall–Kier alpha value is -3.71. The zero-order chi connectivity index (χ0) is 24.8. The van der Waals surface area contributed by atoms with E-state index in [1.165, 1.54) is 10.4 Å². The largest absolute Gasteiger partial charge is 0.497 e. The van der Waals surface area contributed by atoms with Crippen LogP contribution in [0.1, 0.15) is 45.9 Å². The number of ether oxygens (including phenoxy) is 1. The smallest absolute Gasteiger partial charge is 0.335 e. The molecule has 2 heterocycles. The average molecular weight is 488 g/mol. The molecule has 0 aliphatic carbocycles. The topological polar surface area (TPSA) is 84.3 Å². The number of aromatic nitrogens is 2. The fourth-order valence-corrected chi connectivity index (χ4v) is 4.87. The molecule has 35 heavy (non-hydrogen) atoms. The van der Waals surface area contributed by atoms with Crippen LogP contribution in [0.2, 0.25) is 0 Å². The van der Waals surface area contributed by atoms with Crippen molar-refractivity contribution in [2.75, 3.05) is 12.4 Å². The summed E-state index contributed by atoms with van der Waals surface area (Å²) in [7, 11) is 1.68. The van der Waals surface area contributed by atoms with Gasteiger partial charge in [0.25, 0.3) is 0 Å². The van der Waals surface area contributed by atoms with E-state index in [1.807, 2.05) is 12.1 Å². The molecule has 0 saturated heterocycles. The summed E-state index contributed by atoms with van der Waals surface area (Å²) in [6.07, 6.45) is 3.52. The molecule has 2 aromatic heterocycles. The van der Waals surface area contributed by atoms with Crippen LogP contribution in [-0.4, -0.2) is 28.2 Å². The number of hydrogen-bond acceptors (Lipinski definition) is 6. The maximum Gasteiger partial charge on any atom is 0.335 e. The van der Waals surface area contributed by atoms with Crippen molar-refractivity contribution in [2.45, 2.75) is 39.5 Å². The lowest BCUT2D eigenvalue weighted by Gasteiger charge is -2.15. The first kappa shape index (κ1) is 24.4. The van der Waals surface area contributed by atoms with Gasteiger partial charge in [-0.25, -0.2) is 14.8 Å². The molecule has 0 atom stereocenters. The first-order valence-corrected chi connectivity index (χ1v) is 12.5. The molecule has 0 aliphatic rings. The number of benzene rings is 2. The molecule has 4 aromatic rings. The van der Waals surface area contributed by atoms with Crippen molar-refractivity contribution in [2.24, 2.45) is 0 Å². The van der Waals surface area contributed by atoms with Crippen LogP contribution in [0.5, 0.6) is 5.75 Å². The molecule has 0 saturated carbocycles. The molecule has 180 valence electrons. The van der Waals surface area contributed by atoms with Crippen LogP contribution >= 0.6 is 11.3 Å². The molecule has 7 heteroatoms. The average Bonchev–Trinajstić information content (AvgIpc) is 3.36. The molecule has 2 aromatic carbocycles. The van der Waals surface area contributed by atoms with Gasteiger partial charge in [-0.2, -0.15) is 0 Å². The number of nitrogens with one attached hydrogen (secondary N) is 1. The van der Waals surface area contributed by atoms with Gasteiger partial charge in [-0.05, 0) is 79.8 Å². The highest BCUT2D eigenvalue weighted by Crippen LogP contribution is 2.31. The summed E-state index contributed by atoms with van der Waals surface area (Å²) in [5, 5.41) is 12.5. The van der Waals surface area contributed by atoms with Gasteiger partial charge in [0.2, 0.25) is 0 Å². The number of hydrogen-bond donors (Lipinski definition) is 2. The van der Waals surface area contributed by atoms with E-state index in [2.05, 4.69) is 43.4 Å². The predicted octanol–water partition coefficient (Wildman–Crippen LogP) is 6.57. The predicted molar refractivity (Wildman–Crippen MR) is 141 cm³/mol. The van der Waals surface area contributed by atoms with E-state index in [0.717, 1.165) is 59.1 Å². The van der Waals surface area contributed by atoms with E-state index in [-0.39, 0.29) is 5.56 Å². The van der Waals surface area contributed by atoms with E-state index < -0.39 is 5.97 Å². The van der Waals surface area contributed by atoms with Crippen molar-refractivity contribution >= 4 is 28.8 Å². The number of carboxylic acids is 1. The molecule has 6 nitrogen and oxygen atoms in total. The Morgan fingerprint density at radius 2 is 1.69 bits per heavy atom. The second-order valence-electron chi connectivity index (χ2n) is 8.15. The van der Waals surface area contributed by atoms with Crippen LogP contribution in [-0.2, 0) is 25.7 Å². The Bertz CT molecular complexity index is 1300. The monoisotopic (exact) mass is 487 g/mol. The van der Waals surface area contributed by atoms with Crippen molar-refractivity contribution in [1.29, 1.82) is 0 Å². The van der Waals surface area contributed by atoms with Crippen molar-refractivity contribution in [1.82, 2.24) is 9.97 Å². The third-order valence-electron chi connectivity index (χ3n) is 5.88. The van der Waals surface area contributed by atoms with Crippen LogP contribution in [0.25, 0.3) is 10.7 Å². The Labute approximate surface area is 209 Å². The van der Waals surface area contributed by atoms with Gasteiger partial charge >= 0.3 is 5.97 Å². The highest BCUT2D eigenvalue weighted by Gasteiger charge is 2.15. The Kier molecular flexibility index (Phi) is 7.77. The number of anilines is 2. The van der Waals surface area contributed by atoms with Crippen LogP contribution in [0.3, 0.4) is 0 Å². The summed E-state index contributed by atoms with van der Waals surface area (Å²) in [6, 6.07) is 19.2. The molecule has 4 rings (SSSR count). The number of carbonyl (C=O) groups is 1. The number of aromatic carboxylic acids is 1. The molecule has 0 unspecified atom stereocenters. The minimum Gasteiger partial charge on any atom is -0.497 e. The summed E-state index contributed by atoms with van der Waals surface area (Å²) in [5.74, 6) is 1.41. The molecule has 0 spiro atoms. The number of methoxy groups -OCH3 is 1. The maximum atomic E-state index is 11.2. The van der Waals surface area contributed by atoms with Gasteiger partial charge in [0.15, 0.2) is 5.82 Å². The van der Waals surface area contributed by atoms with Crippen LogP contribution in [0.4, 0.5) is 11.5 Å². The van der Waals surface area contributed by atoms with Crippen molar-refractivity contribution in [3.63, 3.8) is 0 Å². The minimum atomic E-state index is -0.941.